The number of imide groups is 1. The summed E-state index contributed by atoms with van der Waals surface area (Å²) in [5, 5.41) is 11.4. The largest absolute Gasteiger partial charge is 0.478 e. The van der Waals surface area contributed by atoms with Gasteiger partial charge < -0.3 is 14.8 Å². The van der Waals surface area contributed by atoms with Crippen LogP contribution in [0.3, 0.4) is 0 Å². The van der Waals surface area contributed by atoms with E-state index >= 15 is 0 Å². The quantitative estimate of drug-likeness (QED) is 0.446. The van der Waals surface area contributed by atoms with Gasteiger partial charge in [0.1, 0.15) is 18.1 Å². The lowest BCUT2D eigenvalue weighted by Crippen LogP contribution is -2.36. The number of nitrogens with zero attached hydrogens (tertiary/aromatic N) is 1. The third kappa shape index (κ3) is 5.05. The molecule has 1 fully saturated rings. The van der Waals surface area contributed by atoms with Crippen molar-refractivity contribution >= 4 is 58.1 Å². The van der Waals surface area contributed by atoms with Crippen LogP contribution in [0.15, 0.2) is 63.9 Å². The SMILES string of the molecule is Cc1cccc(NC(=O)CN2C(=O)S/C(=C\c3ccc(-c4ccc(Cl)c(C(=O)O)c4)o3)C2=O)c1. The Kier molecular flexibility index (Phi) is 6.58. The zero-order valence-electron chi connectivity index (χ0n) is 17.7. The van der Waals surface area contributed by atoms with Crippen molar-refractivity contribution in [2.24, 2.45) is 0 Å². The predicted molar refractivity (Wildman–Crippen MR) is 129 cm³/mol. The number of rotatable bonds is 6. The number of carbonyl (C=O) groups excluding carboxylic acids is 3. The molecule has 2 N–H and O–H groups in total. The number of benzene rings is 2. The van der Waals surface area contributed by atoms with Gasteiger partial charge in [0.15, 0.2) is 0 Å². The Hall–Kier alpha value is -3.82. The number of carbonyl (C=O) groups is 4. The highest BCUT2D eigenvalue weighted by atomic mass is 35.5. The number of carboxylic acids is 1. The summed E-state index contributed by atoms with van der Waals surface area (Å²) in [6, 6.07) is 14.8. The molecule has 0 spiro atoms. The van der Waals surface area contributed by atoms with Gasteiger partial charge in [-0.25, -0.2) is 4.79 Å². The van der Waals surface area contributed by atoms with Gasteiger partial charge in [-0.2, -0.15) is 0 Å². The average Bonchev–Trinajstić information content (AvgIpc) is 3.34. The molecular weight excluding hydrogens is 480 g/mol. The summed E-state index contributed by atoms with van der Waals surface area (Å²) >= 11 is 6.61. The molecule has 1 saturated heterocycles. The summed E-state index contributed by atoms with van der Waals surface area (Å²) in [6.07, 6.45) is 1.40. The van der Waals surface area contributed by atoms with E-state index in [1.165, 1.54) is 18.2 Å². The summed E-state index contributed by atoms with van der Waals surface area (Å²) < 4.78 is 5.71. The number of furan rings is 1. The van der Waals surface area contributed by atoms with Crippen LogP contribution < -0.4 is 5.32 Å². The lowest BCUT2D eigenvalue weighted by atomic mass is 10.1. The molecule has 0 bridgehead atoms. The molecule has 8 nitrogen and oxygen atoms in total. The number of thioether (sulfide) groups is 1. The van der Waals surface area contributed by atoms with Gasteiger partial charge in [-0.1, -0.05) is 23.7 Å². The normalized spacial score (nSPS) is 14.6. The maximum atomic E-state index is 12.7. The standard InChI is InChI=1S/C24H17ClN2O6S/c1-13-3-2-4-15(9-13)26-21(28)12-27-22(29)20(34-24(27)32)11-16-6-8-19(33-16)14-5-7-18(25)17(10-14)23(30)31/h2-11H,12H2,1H3,(H,26,28)(H,30,31)/b20-11-. The molecule has 172 valence electrons. The number of amides is 3. The Labute approximate surface area is 203 Å². The molecule has 34 heavy (non-hydrogen) atoms. The number of hydrogen-bond acceptors (Lipinski definition) is 6. The second-order valence-corrected chi connectivity index (χ2v) is 8.79. The second-order valence-electron chi connectivity index (χ2n) is 7.39. The molecular formula is C24H17ClN2O6S. The van der Waals surface area contributed by atoms with E-state index in [9.17, 15) is 24.3 Å². The Morgan fingerprint density at radius 2 is 1.94 bits per heavy atom. The van der Waals surface area contributed by atoms with Gasteiger partial charge in [-0.05, 0) is 66.7 Å². The number of aryl methyl sites for hydroxylation is 1. The van der Waals surface area contributed by atoms with Crippen molar-refractivity contribution in [3.63, 3.8) is 0 Å². The van der Waals surface area contributed by atoms with Gasteiger partial charge in [0.2, 0.25) is 5.91 Å². The monoisotopic (exact) mass is 496 g/mol. The number of nitrogens with one attached hydrogen (secondary N) is 1. The van der Waals surface area contributed by atoms with Crippen molar-refractivity contribution in [1.29, 1.82) is 0 Å². The Balaban J connectivity index is 1.47. The number of halogens is 1. The predicted octanol–water partition coefficient (Wildman–Crippen LogP) is 5.28. The zero-order valence-corrected chi connectivity index (χ0v) is 19.3. The van der Waals surface area contributed by atoms with Gasteiger partial charge in [-0.15, -0.1) is 0 Å². The molecule has 0 atom stereocenters. The van der Waals surface area contributed by atoms with E-state index in [0.29, 0.717) is 28.8 Å². The van der Waals surface area contributed by atoms with E-state index in [0.717, 1.165) is 10.5 Å². The van der Waals surface area contributed by atoms with Crippen molar-refractivity contribution in [2.75, 3.05) is 11.9 Å². The lowest BCUT2D eigenvalue weighted by molar-refractivity contribution is -0.127. The zero-order chi connectivity index (χ0) is 24.4. The van der Waals surface area contributed by atoms with E-state index in [1.807, 2.05) is 13.0 Å². The van der Waals surface area contributed by atoms with Crippen molar-refractivity contribution in [3.05, 3.63) is 81.4 Å². The van der Waals surface area contributed by atoms with E-state index < -0.39 is 29.6 Å². The first-order valence-electron chi connectivity index (χ1n) is 9.96. The van der Waals surface area contributed by atoms with E-state index in [2.05, 4.69) is 5.32 Å². The fraction of sp³-hybridized carbons (Fsp3) is 0.0833. The lowest BCUT2D eigenvalue weighted by Gasteiger charge is -2.12. The summed E-state index contributed by atoms with van der Waals surface area (Å²) in [5.41, 5.74) is 1.95. The minimum atomic E-state index is -1.17. The molecule has 3 aromatic rings. The van der Waals surface area contributed by atoms with Crippen LogP contribution in [0.2, 0.25) is 5.02 Å². The molecule has 3 amide bonds. The summed E-state index contributed by atoms with van der Waals surface area (Å²) in [4.78, 5) is 49.7. The minimum Gasteiger partial charge on any atom is -0.478 e. The van der Waals surface area contributed by atoms with Crippen LogP contribution in [-0.4, -0.2) is 39.6 Å². The maximum Gasteiger partial charge on any atom is 0.337 e. The highest BCUT2D eigenvalue weighted by Crippen LogP contribution is 2.34. The molecule has 0 radical (unpaired) electrons. The topological polar surface area (TPSA) is 117 Å². The first kappa shape index (κ1) is 23.3. The third-order valence-electron chi connectivity index (χ3n) is 4.86. The molecule has 2 aromatic carbocycles. The van der Waals surface area contributed by atoms with Crippen LogP contribution in [0.5, 0.6) is 0 Å². The molecule has 2 heterocycles. The maximum absolute atomic E-state index is 12.7. The number of aromatic carboxylic acids is 1. The summed E-state index contributed by atoms with van der Waals surface area (Å²) in [5.74, 6) is -1.61. The minimum absolute atomic E-state index is 0.0674. The van der Waals surface area contributed by atoms with Gasteiger partial charge in [0, 0.05) is 17.3 Å². The van der Waals surface area contributed by atoms with E-state index in [-0.39, 0.29) is 21.3 Å². The molecule has 1 aliphatic heterocycles. The van der Waals surface area contributed by atoms with Crippen LogP contribution in [0.25, 0.3) is 17.4 Å². The van der Waals surface area contributed by atoms with Crippen molar-refractivity contribution in [2.45, 2.75) is 6.92 Å². The van der Waals surface area contributed by atoms with Gasteiger partial charge >= 0.3 is 5.97 Å². The molecule has 1 aromatic heterocycles. The molecule has 0 unspecified atom stereocenters. The number of anilines is 1. The molecule has 0 aliphatic carbocycles. The number of hydrogen-bond donors (Lipinski definition) is 2. The summed E-state index contributed by atoms with van der Waals surface area (Å²) in [6.45, 7) is 1.47. The molecule has 4 rings (SSSR count). The van der Waals surface area contributed by atoms with Crippen molar-refractivity contribution in [3.8, 4) is 11.3 Å². The highest BCUT2D eigenvalue weighted by molar-refractivity contribution is 8.18. The van der Waals surface area contributed by atoms with Gasteiger partial charge in [-0.3, -0.25) is 19.3 Å². The fourth-order valence-electron chi connectivity index (χ4n) is 3.26. The average molecular weight is 497 g/mol. The second kappa shape index (κ2) is 9.58. The first-order chi connectivity index (χ1) is 16.2. The van der Waals surface area contributed by atoms with Crippen LogP contribution >= 0.6 is 23.4 Å². The van der Waals surface area contributed by atoms with Crippen LogP contribution in [0.4, 0.5) is 10.5 Å². The molecule has 1 aliphatic rings. The van der Waals surface area contributed by atoms with Gasteiger partial charge in [0.25, 0.3) is 11.1 Å². The van der Waals surface area contributed by atoms with Crippen LogP contribution in [0.1, 0.15) is 21.7 Å². The Morgan fingerprint density at radius 3 is 2.68 bits per heavy atom. The summed E-state index contributed by atoms with van der Waals surface area (Å²) in [7, 11) is 0. The highest BCUT2D eigenvalue weighted by Gasteiger charge is 2.36. The van der Waals surface area contributed by atoms with E-state index in [4.69, 9.17) is 16.0 Å². The smallest absolute Gasteiger partial charge is 0.337 e. The van der Waals surface area contributed by atoms with Crippen LogP contribution in [0, 0.1) is 6.92 Å². The third-order valence-corrected chi connectivity index (χ3v) is 6.10. The van der Waals surface area contributed by atoms with Crippen molar-refractivity contribution in [1.82, 2.24) is 4.90 Å². The van der Waals surface area contributed by atoms with Gasteiger partial charge in [0.05, 0.1) is 15.5 Å². The van der Waals surface area contributed by atoms with Crippen molar-refractivity contribution < 1.29 is 28.7 Å². The molecule has 10 heteroatoms. The fourth-order valence-corrected chi connectivity index (χ4v) is 4.28. The number of carboxylic acid groups (broad SMARTS) is 1. The Bertz CT molecular complexity index is 1360. The molecule has 0 saturated carbocycles. The Morgan fingerprint density at radius 1 is 1.15 bits per heavy atom. The van der Waals surface area contributed by atoms with E-state index in [1.54, 1.807) is 36.4 Å². The van der Waals surface area contributed by atoms with Crippen LogP contribution in [-0.2, 0) is 9.59 Å². The first-order valence-corrected chi connectivity index (χ1v) is 11.2.